The molecule has 1 saturated heterocycles. The quantitative estimate of drug-likeness (QED) is 0.141. The van der Waals surface area contributed by atoms with Gasteiger partial charge in [0.1, 0.15) is 5.75 Å². The van der Waals surface area contributed by atoms with Crippen molar-refractivity contribution in [3.63, 3.8) is 0 Å². The zero-order chi connectivity index (χ0) is 29.6. The minimum Gasteiger partial charge on any atom is -0.478 e. The normalized spacial score (nSPS) is 15.9. The van der Waals surface area contributed by atoms with Crippen LogP contribution in [-0.2, 0) is 9.53 Å². The molecule has 7 heteroatoms. The molecule has 6 rings (SSSR count). The van der Waals surface area contributed by atoms with Crippen LogP contribution in [0, 0.1) is 0 Å². The van der Waals surface area contributed by atoms with Gasteiger partial charge in [0.15, 0.2) is 6.23 Å². The molecular formula is C36H33N3O4. The Hall–Kier alpha value is -5.01. The smallest absolute Gasteiger partial charge is 0.328 e. The highest BCUT2D eigenvalue weighted by Crippen LogP contribution is 2.37. The molecule has 0 bridgehead atoms. The number of allylic oxidation sites excluding steroid dienone is 1. The van der Waals surface area contributed by atoms with Gasteiger partial charge in [-0.05, 0) is 95.5 Å². The second-order valence-electron chi connectivity index (χ2n) is 10.5. The first-order valence-electron chi connectivity index (χ1n) is 14.6. The van der Waals surface area contributed by atoms with Gasteiger partial charge in [-0.2, -0.15) is 5.10 Å². The van der Waals surface area contributed by atoms with E-state index in [1.807, 2.05) is 65.5 Å². The fourth-order valence-electron chi connectivity index (χ4n) is 5.60. The van der Waals surface area contributed by atoms with Crippen molar-refractivity contribution in [2.45, 2.75) is 38.8 Å². The summed E-state index contributed by atoms with van der Waals surface area (Å²) in [6.07, 6.45) is 10.3. The van der Waals surface area contributed by atoms with Crippen molar-refractivity contribution in [1.29, 1.82) is 0 Å². The van der Waals surface area contributed by atoms with E-state index in [9.17, 15) is 4.79 Å². The number of hydrogen-bond acceptors (Lipinski definition) is 5. The monoisotopic (exact) mass is 571 g/mol. The number of rotatable bonds is 9. The third kappa shape index (κ3) is 6.42. The number of carboxylic acids is 1. The van der Waals surface area contributed by atoms with Crippen molar-refractivity contribution in [2.24, 2.45) is 0 Å². The fraction of sp³-hybridized carbons (Fsp3) is 0.194. The number of hydrogen-bond donors (Lipinski definition) is 1. The summed E-state index contributed by atoms with van der Waals surface area (Å²) in [7, 11) is 0. The average molecular weight is 572 g/mol. The van der Waals surface area contributed by atoms with E-state index in [4.69, 9.17) is 19.7 Å². The zero-order valence-electron chi connectivity index (χ0n) is 24.0. The Balaban J connectivity index is 1.45. The largest absolute Gasteiger partial charge is 0.478 e. The van der Waals surface area contributed by atoms with Crippen LogP contribution < -0.4 is 4.74 Å². The lowest BCUT2D eigenvalue weighted by molar-refractivity contribution is -0.131. The first-order valence-corrected chi connectivity index (χ1v) is 14.6. The molecule has 1 unspecified atom stereocenters. The standard InChI is InChI=1S/C36H33N3O4/c1-2-31(27-8-7-9-30(23-27)43-33-10-3-5-20-37-33)36(26-15-12-25(13-16-26)14-19-35(40)41)28-17-18-32-29(22-28)24-38-39(32)34-11-4-6-21-42-34/h3,5,7-10,12-20,22-24,34H,2,4,6,11,21H2,1H3,(H,40,41)/b19-14+,36-31+. The van der Waals surface area contributed by atoms with Gasteiger partial charge in [-0.3, -0.25) is 0 Å². The highest BCUT2D eigenvalue weighted by Gasteiger charge is 2.20. The van der Waals surface area contributed by atoms with Gasteiger partial charge in [0.05, 0.1) is 11.7 Å². The number of ether oxygens (including phenoxy) is 2. The van der Waals surface area contributed by atoms with E-state index in [2.05, 4.69) is 42.2 Å². The molecule has 0 aliphatic carbocycles. The zero-order valence-corrected chi connectivity index (χ0v) is 24.0. The molecule has 5 aromatic rings. The molecule has 3 heterocycles. The van der Waals surface area contributed by atoms with Gasteiger partial charge in [0, 0.05) is 30.3 Å². The number of fused-ring (bicyclic) bond motifs is 1. The summed E-state index contributed by atoms with van der Waals surface area (Å²) >= 11 is 0. The number of aliphatic carboxylic acids is 1. The Morgan fingerprint density at radius 3 is 2.60 bits per heavy atom. The first kappa shape index (κ1) is 28.1. The van der Waals surface area contributed by atoms with Crippen LogP contribution in [-0.4, -0.2) is 32.4 Å². The Kier molecular flexibility index (Phi) is 8.42. The lowest BCUT2D eigenvalue weighted by Crippen LogP contribution is -2.18. The Bertz CT molecular complexity index is 1780. The van der Waals surface area contributed by atoms with Crippen LogP contribution in [0.5, 0.6) is 11.6 Å². The molecule has 2 aromatic heterocycles. The van der Waals surface area contributed by atoms with E-state index >= 15 is 0 Å². The number of nitrogens with zero attached hydrogens (tertiary/aromatic N) is 3. The molecule has 216 valence electrons. The molecule has 1 atom stereocenters. The summed E-state index contributed by atoms with van der Waals surface area (Å²) in [4.78, 5) is 15.4. The van der Waals surface area contributed by atoms with Crippen LogP contribution in [0.4, 0.5) is 0 Å². The van der Waals surface area contributed by atoms with Crippen molar-refractivity contribution < 1.29 is 19.4 Å². The third-order valence-electron chi connectivity index (χ3n) is 7.63. The summed E-state index contributed by atoms with van der Waals surface area (Å²) in [5.74, 6) is 0.273. The van der Waals surface area contributed by atoms with Crippen molar-refractivity contribution in [3.8, 4) is 11.6 Å². The van der Waals surface area contributed by atoms with Gasteiger partial charge in [-0.1, -0.05) is 55.5 Å². The van der Waals surface area contributed by atoms with Crippen LogP contribution in [0.2, 0.25) is 0 Å². The number of carboxylic acid groups (broad SMARTS) is 1. The topological polar surface area (TPSA) is 86.5 Å². The van der Waals surface area contributed by atoms with Crippen molar-refractivity contribution in [1.82, 2.24) is 14.8 Å². The number of pyridine rings is 1. The molecule has 3 aromatic carbocycles. The molecule has 43 heavy (non-hydrogen) atoms. The molecule has 1 aliphatic heterocycles. The highest BCUT2D eigenvalue weighted by atomic mass is 16.5. The van der Waals surface area contributed by atoms with E-state index in [0.717, 1.165) is 82.7 Å². The Morgan fingerprint density at radius 1 is 1.00 bits per heavy atom. The van der Waals surface area contributed by atoms with Crippen LogP contribution in [0.15, 0.2) is 103 Å². The Labute approximate surface area is 250 Å². The van der Waals surface area contributed by atoms with Gasteiger partial charge >= 0.3 is 5.97 Å². The SMILES string of the molecule is CC/C(=C(/c1ccc(/C=C/C(=O)O)cc1)c1ccc2c(cnn2C2CCCCO2)c1)c1cccc(Oc2ccccn2)c1. The Morgan fingerprint density at radius 2 is 1.86 bits per heavy atom. The van der Waals surface area contributed by atoms with E-state index in [0.29, 0.717) is 11.6 Å². The van der Waals surface area contributed by atoms with E-state index < -0.39 is 5.97 Å². The molecule has 1 aliphatic rings. The molecule has 0 amide bonds. The molecule has 1 N–H and O–H groups in total. The predicted octanol–water partition coefficient (Wildman–Crippen LogP) is 8.39. The lowest BCUT2D eigenvalue weighted by Gasteiger charge is -2.23. The number of benzene rings is 3. The maximum atomic E-state index is 11.0. The summed E-state index contributed by atoms with van der Waals surface area (Å²) in [6, 6.07) is 28.1. The highest BCUT2D eigenvalue weighted by molar-refractivity contribution is 6.00. The molecule has 0 spiro atoms. The third-order valence-corrected chi connectivity index (χ3v) is 7.63. The molecule has 7 nitrogen and oxygen atoms in total. The molecule has 1 fully saturated rings. The summed E-state index contributed by atoms with van der Waals surface area (Å²) in [5.41, 5.74) is 7.26. The van der Waals surface area contributed by atoms with Crippen molar-refractivity contribution in [2.75, 3.05) is 6.61 Å². The summed E-state index contributed by atoms with van der Waals surface area (Å²) < 4.78 is 14.1. The van der Waals surface area contributed by atoms with Gasteiger partial charge in [-0.15, -0.1) is 0 Å². The van der Waals surface area contributed by atoms with Crippen molar-refractivity contribution >= 4 is 34.1 Å². The predicted molar refractivity (Wildman–Crippen MR) is 169 cm³/mol. The van der Waals surface area contributed by atoms with Crippen LogP contribution in [0.25, 0.3) is 28.1 Å². The van der Waals surface area contributed by atoms with E-state index in [1.165, 1.54) is 0 Å². The fourth-order valence-corrected chi connectivity index (χ4v) is 5.60. The minimum atomic E-state index is -0.974. The van der Waals surface area contributed by atoms with Gasteiger partial charge in [0.2, 0.25) is 5.88 Å². The minimum absolute atomic E-state index is 0.0356. The summed E-state index contributed by atoms with van der Waals surface area (Å²) in [5, 5.41) is 14.8. The molecule has 0 saturated carbocycles. The van der Waals surface area contributed by atoms with E-state index in [1.54, 1.807) is 12.3 Å². The number of aromatic nitrogens is 3. The maximum absolute atomic E-state index is 11.0. The van der Waals surface area contributed by atoms with Crippen LogP contribution in [0.1, 0.15) is 61.1 Å². The van der Waals surface area contributed by atoms with Crippen molar-refractivity contribution in [3.05, 3.63) is 126 Å². The van der Waals surface area contributed by atoms with E-state index in [-0.39, 0.29) is 6.23 Å². The summed E-state index contributed by atoms with van der Waals surface area (Å²) in [6.45, 7) is 2.92. The average Bonchev–Trinajstić information content (AvgIpc) is 3.47. The number of carbonyl (C=O) groups is 1. The van der Waals surface area contributed by atoms with Gasteiger partial charge in [0.25, 0.3) is 0 Å². The lowest BCUT2D eigenvalue weighted by atomic mass is 9.87. The molecular weight excluding hydrogens is 538 g/mol. The van der Waals surface area contributed by atoms with Gasteiger partial charge < -0.3 is 14.6 Å². The second kappa shape index (κ2) is 12.9. The first-order chi connectivity index (χ1) is 21.1. The van der Waals surface area contributed by atoms with Crippen LogP contribution in [0.3, 0.4) is 0 Å². The maximum Gasteiger partial charge on any atom is 0.328 e. The molecule has 0 radical (unpaired) electrons. The second-order valence-corrected chi connectivity index (χ2v) is 10.5. The van der Waals surface area contributed by atoms with Gasteiger partial charge in [-0.25, -0.2) is 14.5 Å². The van der Waals surface area contributed by atoms with Crippen LogP contribution >= 0.6 is 0 Å².